The molecule has 3 atom stereocenters. The molecule has 1 fully saturated rings. The molecule has 1 saturated carbocycles. The van der Waals surface area contributed by atoms with Crippen molar-refractivity contribution in [3.05, 3.63) is 72.3 Å². The molecule has 2 aromatic rings. The van der Waals surface area contributed by atoms with Gasteiger partial charge in [-0.2, -0.15) is 0 Å². The molecular formula is C26H26F2N2O5. The molecule has 3 N–H and O–H groups in total. The van der Waals surface area contributed by atoms with Gasteiger partial charge in [-0.1, -0.05) is 54.6 Å². The fraction of sp³-hybridized carbons (Fsp3) is 0.346. The lowest BCUT2D eigenvalue weighted by atomic mass is 9.98. The average molecular weight is 484 g/mol. The molecule has 0 aliphatic heterocycles. The molecule has 2 amide bonds. The number of amides is 2. The maximum atomic E-state index is 13.6. The van der Waals surface area contributed by atoms with Crippen molar-refractivity contribution in [1.82, 2.24) is 10.6 Å². The Labute approximate surface area is 201 Å². The Kier molecular flexibility index (Phi) is 6.86. The van der Waals surface area contributed by atoms with E-state index in [4.69, 9.17) is 9.84 Å². The second kappa shape index (κ2) is 9.85. The first-order valence-electron chi connectivity index (χ1n) is 11.4. The van der Waals surface area contributed by atoms with Crippen molar-refractivity contribution in [3.8, 4) is 11.1 Å². The van der Waals surface area contributed by atoms with Gasteiger partial charge in [-0.15, -0.1) is 6.58 Å². The third-order valence-electron chi connectivity index (χ3n) is 6.58. The zero-order chi connectivity index (χ0) is 25.2. The van der Waals surface area contributed by atoms with Gasteiger partial charge in [-0.3, -0.25) is 9.59 Å². The van der Waals surface area contributed by atoms with E-state index in [1.165, 1.54) is 0 Å². The molecule has 35 heavy (non-hydrogen) atoms. The van der Waals surface area contributed by atoms with Crippen LogP contribution in [0.3, 0.4) is 0 Å². The number of ether oxygens (including phenoxy) is 1. The van der Waals surface area contributed by atoms with Gasteiger partial charge < -0.3 is 20.5 Å². The predicted molar refractivity (Wildman–Crippen MR) is 124 cm³/mol. The second-order valence-corrected chi connectivity index (χ2v) is 8.73. The lowest BCUT2D eigenvalue weighted by Gasteiger charge is -2.19. The summed E-state index contributed by atoms with van der Waals surface area (Å²) in [6.07, 6.45) is 1.33. The highest BCUT2D eigenvalue weighted by atomic mass is 19.3. The highest BCUT2D eigenvalue weighted by Gasteiger charge is 2.72. The molecule has 0 heterocycles. The summed E-state index contributed by atoms with van der Waals surface area (Å²) in [6.45, 7) is 3.15. The molecule has 2 aliphatic rings. The standard InChI is InChI=1S/C26H26F2N2O5/c1-2-3-12-21(23(31)29-13-20-22(24(32)33)26(20,27)28)30-25(34)35-14-19-17-10-6-4-8-15(17)16-9-5-7-11-18(16)19/h2,4-11,19-22H,1,3,12-14H2,(H,29,31)(H,30,34)(H,32,33)/t20-,21?,22-/m1/s1. The van der Waals surface area contributed by atoms with Crippen LogP contribution in [0.15, 0.2) is 61.2 Å². The van der Waals surface area contributed by atoms with Gasteiger partial charge in [0.15, 0.2) is 0 Å². The Balaban J connectivity index is 1.35. The van der Waals surface area contributed by atoms with Gasteiger partial charge in [0.25, 0.3) is 5.92 Å². The zero-order valence-corrected chi connectivity index (χ0v) is 18.9. The normalized spacial score (nSPS) is 20.2. The molecule has 4 rings (SSSR count). The van der Waals surface area contributed by atoms with E-state index in [2.05, 4.69) is 17.2 Å². The number of nitrogens with one attached hydrogen (secondary N) is 2. The van der Waals surface area contributed by atoms with Crippen LogP contribution in [-0.4, -0.2) is 48.2 Å². The van der Waals surface area contributed by atoms with Crippen LogP contribution in [0.2, 0.25) is 0 Å². The summed E-state index contributed by atoms with van der Waals surface area (Å²) in [5.41, 5.74) is 4.25. The molecule has 7 nitrogen and oxygen atoms in total. The first-order chi connectivity index (χ1) is 16.8. The monoisotopic (exact) mass is 484 g/mol. The highest BCUT2D eigenvalue weighted by Crippen LogP contribution is 2.54. The largest absolute Gasteiger partial charge is 0.481 e. The number of carboxylic acid groups (broad SMARTS) is 1. The van der Waals surface area contributed by atoms with Gasteiger partial charge >= 0.3 is 12.1 Å². The maximum Gasteiger partial charge on any atom is 0.407 e. The van der Waals surface area contributed by atoms with E-state index in [0.29, 0.717) is 6.42 Å². The smallest absolute Gasteiger partial charge is 0.407 e. The van der Waals surface area contributed by atoms with E-state index in [1.807, 2.05) is 48.5 Å². The molecule has 184 valence electrons. The Morgan fingerprint density at radius 1 is 1.09 bits per heavy atom. The first-order valence-corrected chi connectivity index (χ1v) is 11.4. The van der Waals surface area contributed by atoms with Crippen LogP contribution < -0.4 is 10.6 Å². The summed E-state index contributed by atoms with van der Waals surface area (Å²) in [6, 6.07) is 14.7. The maximum absolute atomic E-state index is 13.6. The Hall–Kier alpha value is -3.75. The molecule has 0 bridgehead atoms. The summed E-state index contributed by atoms with van der Waals surface area (Å²) in [5.74, 6) is -9.10. The van der Waals surface area contributed by atoms with Gasteiger partial charge in [-0.05, 0) is 35.1 Å². The molecular weight excluding hydrogens is 458 g/mol. The third-order valence-corrected chi connectivity index (χ3v) is 6.58. The number of carbonyl (C=O) groups is 3. The number of fused-ring (bicyclic) bond motifs is 3. The second-order valence-electron chi connectivity index (χ2n) is 8.73. The Morgan fingerprint density at radius 2 is 1.69 bits per heavy atom. The van der Waals surface area contributed by atoms with Gasteiger partial charge in [0.05, 0.1) is 5.92 Å². The van der Waals surface area contributed by atoms with E-state index in [9.17, 15) is 23.2 Å². The summed E-state index contributed by atoms with van der Waals surface area (Å²) < 4.78 is 32.7. The van der Waals surface area contributed by atoms with Gasteiger partial charge in [0, 0.05) is 12.5 Å². The number of aliphatic carboxylic acids is 1. The van der Waals surface area contributed by atoms with Crippen LogP contribution in [0.25, 0.3) is 11.1 Å². The third kappa shape index (κ3) is 4.89. The van der Waals surface area contributed by atoms with Gasteiger partial charge in [0.2, 0.25) is 5.91 Å². The van der Waals surface area contributed by atoms with Crippen molar-refractivity contribution in [2.75, 3.05) is 13.2 Å². The summed E-state index contributed by atoms with van der Waals surface area (Å²) in [4.78, 5) is 36.1. The lowest BCUT2D eigenvalue weighted by molar-refractivity contribution is -0.141. The van der Waals surface area contributed by atoms with Gasteiger partial charge in [-0.25, -0.2) is 13.6 Å². The predicted octanol–water partition coefficient (Wildman–Crippen LogP) is 3.94. The fourth-order valence-corrected chi connectivity index (χ4v) is 4.65. The van der Waals surface area contributed by atoms with E-state index < -0.39 is 48.3 Å². The fourth-order valence-electron chi connectivity index (χ4n) is 4.65. The summed E-state index contributed by atoms with van der Waals surface area (Å²) >= 11 is 0. The van der Waals surface area contributed by atoms with Crippen molar-refractivity contribution in [3.63, 3.8) is 0 Å². The van der Waals surface area contributed by atoms with E-state index in [-0.39, 0.29) is 18.9 Å². The number of alkyl halides is 2. The molecule has 0 saturated heterocycles. The molecule has 2 aliphatic carbocycles. The topological polar surface area (TPSA) is 105 Å². The number of carboxylic acids is 1. The molecule has 2 aromatic carbocycles. The van der Waals surface area contributed by atoms with Crippen molar-refractivity contribution < 1.29 is 33.0 Å². The van der Waals surface area contributed by atoms with Crippen molar-refractivity contribution in [2.45, 2.75) is 30.7 Å². The van der Waals surface area contributed by atoms with Crippen LogP contribution in [0, 0.1) is 11.8 Å². The minimum Gasteiger partial charge on any atom is -0.481 e. The van der Waals surface area contributed by atoms with E-state index in [1.54, 1.807) is 6.08 Å². The van der Waals surface area contributed by atoms with Crippen LogP contribution >= 0.6 is 0 Å². The lowest BCUT2D eigenvalue weighted by Crippen LogP contribution is -2.47. The minimum atomic E-state index is -3.37. The SMILES string of the molecule is C=CCCC(NC(=O)OCC1c2ccccc2-c2ccccc21)C(=O)NC[C@@H]1[C@H](C(=O)O)C1(F)F. The minimum absolute atomic E-state index is 0.0598. The summed E-state index contributed by atoms with van der Waals surface area (Å²) in [5, 5.41) is 13.7. The average Bonchev–Trinajstić information content (AvgIpc) is 3.25. The number of hydrogen-bond donors (Lipinski definition) is 3. The van der Waals surface area contributed by atoms with Crippen LogP contribution in [0.5, 0.6) is 0 Å². The van der Waals surface area contributed by atoms with Gasteiger partial charge in [0.1, 0.15) is 18.6 Å². The van der Waals surface area contributed by atoms with Crippen LogP contribution in [0.1, 0.15) is 29.9 Å². The number of benzene rings is 2. The molecule has 0 aromatic heterocycles. The zero-order valence-electron chi connectivity index (χ0n) is 18.9. The number of halogens is 2. The molecule has 0 radical (unpaired) electrons. The quantitative estimate of drug-likeness (QED) is 0.443. The molecule has 1 unspecified atom stereocenters. The van der Waals surface area contributed by atoms with E-state index in [0.717, 1.165) is 22.3 Å². The molecule has 0 spiro atoms. The van der Waals surface area contributed by atoms with Crippen molar-refractivity contribution in [1.29, 1.82) is 0 Å². The number of alkyl carbamates (subject to hydrolysis) is 1. The first kappa shape index (κ1) is 24.4. The number of carbonyl (C=O) groups excluding carboxylic acids is 2. The van der Waals surface area contributed by atoms with Crippen molar-refractivity contribution >= 4 is 18.0 Å². The highest BCUT2D eigenvalue weighted by molar-refractivity contribution is 5.86. The number of allylic oxidation sites excluding steroid dienone is 1. The van der Waals surface area contributed by atoms with Crippen molar-refractivity contribution in [2.24, 2.45) is 11.8 Å². The van der Waals surface area contributed by atoms with Crippen LogP contribution in [-0.2, 0) is 14.3 Å². The molecule has 9 heteroatoms. The Morgan fingerprint density at radius 3 is 2.23 bits per heavy atom. The van der Waals surface area contributed by atoms with Crippen LogP contribution in [0.4, 0.5) is 13.6 Å². The van der Waals surface area contributed by atoms with E-state index >= 15 is 0 Å². The number of rotatable bonds is 10. The Bertz CT molecular complexity index is 1110. The summed E-state index contributed by atoms with van der Waals surface area (Å²) in [7, 11) is 0. The number of hydrogen-bond acceptors (Lipinski definition) is 4.